The summed E-state index contributed by atoms with van der Waals surface area (Å²) in [6.07, 6.45) is 7.61. The van der Waals surface area contributed by atoms with Gasteiger partial charge in [0.05, 0.1) is 0 Å². The average Bonchev–Trinajstić information content (AvgIpc) is 3.46. The van der Waals surface area contributed by atoms with Crippen LogP contribution in [-0.2, 0) is 11.8 Å². The van der Waals surface area contributed by atoms with Crippen molar-refractivity contribution in [3.63, 3.8) is 0 Å². The largest absolute Gasteiger partial charge is 0.311 e. The quantitative estimate of drug-likeness (QED) is 0.148. The van der Waals surface area contributed by atoms with Gasteiger partial charge in [0.2, 0.25) is 0 Å². The Morgan fingerprint density at radius 2 is 0.870 bits per heavy atom. The molecule has 0 aliphatic heterocycles. The summed E-state index contributed by atoms with van der Waals surface area (Å²) in [7, 11) is 0. The van der Waals surface area contributed by atoms with Gasteiger partial charge in [-0.15, -0.1) is 0 Å². The van der Waals surface area contributed by atoms with Crippen LogP contribution >= 0.6 is 0 Å². The van der Waals surface area contributed by atoms with Gasteiger partial charge in [0.1, 0.15) is 0 Å². The van der Waals surface area contributed by atoms with Crippen LogP contribution in [0.2, 0.25) is 0 Å². The fourth-order valence-corrected chi connectivity index (χ4v) is 8.99. The van der Waals surface area contributed by atoms with Crippen LogP contribution in [0.4, 0.5) is 34.1 Å². The third-order valence-electron chi connectivity index (χ3n) is 11.9. The van der Waals surface area contributed by atoms with E-state index in [0.717, 1.165) is 17.8 Å². The van der Waals surface area contributed by atoms with E-state index in [0.29, 0.717) is 5.92 Å². The maximum Gasteiger partial charge on any atom is 0.0468 e. The van der Waals surface area contributed by atoms with Gasteiger partial charge in [-0.3, -0.25) is 0 Å². The maximum atomic E-state index is 2.38. The second-order valence-corrected chi connectivity index (χ2v) is 15.7. The van der Waals surface area contributed by atoms with Gasteiger partial charge in [0, 0.05) is 39.5 Å². The Morgan fingerprint density at radius 1 is 0.426 bits per heavy atom. The van der Waals surface area contributed by atoms with Crippen molar-refractivity contribution in [2.45, 2.75) is 63.7 Å². The van der Waals surface area contributed by atoms with E-state index in [2.05, 4.69) is 200 Å². The van der Waals surface area contributed by atoms with Crippen molar-refractivity contribution in [3.8, 4) is 11.1 Å². The van der Waals surface area contributed by atoms with E-state index in [1.807, 2.05) is 0 Å². The van der Waals surface area contributed by atoms with Gasteiger partial charge >= 0.3 is 0 Å². The lowest BCUT2D eigenvalue weighted by Crippen LogP contribution is -2.15. The van der Waals surface area contributed by atoms with Crippen LogP contribution in [0.25, 0.3) is 11.1 Å². The molecule has 266 valence electrons. The Balaban J connectivity index is 0.972. The molecule has 9 rings (SSSR count). The van der Waals surface area contributed by atoms with Gasteiger partial charge in [-0.25, -0.2) is 0 Å². The molecule has 0 heterocycles. The summed E-state index contributed by atoms with van der Waals surface area (Å²) in [6, 6.07) is 65.0. The van der Waals surface area contributed by atoms with E-state index in [1.54, 1.807) is 0 Å². The Bertz CT molecular complexity index is 2330. The smallest absolute Gasteiger partial charge is 0.0468 e. The molecule has 2 heteroatoms. The number of anilines is 6. The first-order chi connectivity index (χ1) is 26.5. The minimum Gasteiger partial charge on any atom is -0.311 e. The van der Waals surface area contributed by atoms with Crippen molar-refractivity contribution in [1.29, 1.82) is 0 Å². The zero-order valence-corrected chi connectivity index (χ0v) is 31.5. The molecule has 0 unspecified atom stereocenters. The summed E-state index contributed by atoms with van der Waals surface area (Å²) < 4.78 is 0. The highest BCUT2D eigenvalue weighted by atomic mass is 15.1. The van der Waals surface area contributed by atoms with Gasteiger partial charge < -0.3 is 9.80 Å². The minimum atomic E-state index is -0.0124. The second kappa shape index (κ2) is 14.5. The van der Waals surface area contributed by atoms with Crippen molar-refractivity contribution < 1.29 is 0 Å². The number of fused-ring (bicyclic) bond motifs is 3. The van der Waals surface area contributed by atoms with E-state index in [4.69, 9.17) is 0 Å². The molecule has 2 nitrogen and oxygen atoms in total. The molecule has 2 aliphatic carbocycles. The highest BCUT2D eigenvalue weighted by Crippen LogP contribution is 2.50. The topological polar surface area (TPSA) is 6.48 Å². The normalized spacial score (nSPS) is 14.6. The summed E-state index contributed by atoms with van der Waals surface area (Å²) in [6.45, 7) is 4.68. The average molecular weight is 701 g/mol. The van der Waals surface area contributed by atoms with Gasteiger partial charge in [-0.05, 0) is 137 Å². The highest BCUT2D eigenvalue weighted by molar-refractivity contribution is 5.86. The Kier molecular flexibility index (Phi) is 9.13. The first kappa shape index (κ1) is 33.9. The first-order valence-corrected chi connectivity index (χ1v) is 19.8. The van der Waals surface area contributed by atoms with Crippen molar-refractivity contribution in [2.75, 3.05) is 9.80 Å². The predicted molar refractivity (Wildman–Crippen MR) is 228 cm³/mol. The molecular formula is C52H48N2. The number of rotatable bonds is 9. The van der Waals surface area contributed by atoms with Crippen LogP contribution in [0.5, 0.6) is 0 Å². The number of para-hydroxylation sites is 2. The molecule has 1 fully saturated rings. The molecule has 1 saturated carbocycles. The van der Waals surface area contributed by atoms with Crippen molar-refractivity contribution >= 4 is 34.1 Å². The Labute approximate surface area is 321 Å². The lowest BCUT2D eigenvalue weighted by Gasteiger charge is -2.27. The molecule has 7 aromatic carbocycles. The molecule has 0 N–H and O–H groups in total. The number of nitrogens with zero attached hydrogens (tertiary/aromatic N) is 2. The van der Waals surface area contributed by atoms with Gasteiger partial charge in [-0.1, -0.05) is 136 Å². The molecule has 0 aromatic heterocycles. The minimum absolute atomic E-state index is 0.0124. The summed E-state index contributed by atoms with van der Waals surface area (Å²) in [5.41, 5.74) is 16.5. The van der Waals surface area contributed by atoms with E-state index >= 15 is 0 Å². The molecule has 0 saturated heterocycles. The molecule has 0 atom stereocenters. The number of hydrogen-bond acceptors (Lipinski definition) is 2. The molecule has 54 heavy (non-hydrogen) atoms. The summed E-state index contributed by atoms with van der Waals surface area (Å²) in [4.78, 5) is 4.76. The van der Waals surface area contributed by atoms with Crippen LogP contribution in [0.15, 0.2) is 176 Å². The van der Waals surface area contributed by atoms with Crippen molar-refractivity contribution in [3.05, 3.63) is 204 Å². The van der Waals surface area contributed by atoms with Gasteiger partial charge in [-0.2, -0.15) is 0 Å². The molecule has 0 bridgehead atoms. The molecule has 0 spiro atoms. The number of benzene rings is 7. The SMILES string of the molecule is CC1(C)c2ccccc2-c2cc(N(c3ccccc3)c3ccc(Cc4ccc(N(c5ccccc5)c5ccc(C6CCCCC6)cc5)cc4)cc3)ccc21. The van der Waals surface area contributed by atoms with Crippen LogP contribution < -0.4 is 9.80 Å². The summed E-state index contributed by atoms with van der Waals surface area (Å²) in [5.74, 6) is 0.706. The summed E-state index contributed by atoms with van der Waals surface area (Å²) in [5, 5.41) is 0. The molecule has 0 amide bonds. The lowest BCUT2D eigenvalue weighted by molar-refractivity contribution is 0.443. The first-order valence-electron chi connectivity index (χ1n) is 19.8. The third-order valence-corrected chi connectivity index (χ3v) is 11.9. The molecule has 2 aliphatic rings. The lowest BCUT2D eigenvalue weighted by atomic mass is 9.82. The fraction of sp³-hybridized carbons (Fsp3) is 0.192. The van der Waals surface area contributed by atoms with E-state index in [1.165, 1.54) is 93.8 Å². The van der Waals surface area contributed by atoms with E-state index in [9.17, 15) is 0 Å². The zero-order chi connectivity index (χ0) is 36.5. The van der Waals surface area contributed by atoms with E-state index < -0.39 is 0 Å². The Hall–Kier alpha value is -5.86. The van der Waals surface area contributed by atoms with Crippen LogP contribution in [-0.4, -0.2) is 0 Å². The zero-order valence-electron chi connectivity index (χ0n) is 31.5. The van der Waals surface area contributed by atoms with Crippen LogP contribution in [0, 0.1) is 0 Å². The van der Waals surface area contributed by atoms with Gasteiger partial charge in [0.25, 0.3) is 0 Å². The number of hydrogen-bond donors (Lipinski definition) is 0. The standard InChI is InChI=1S/C52H48N2/c1-52(2)50-21-13-12-20-48(50)49-37-47(34-35-51(49)52)54(43-18-10-5-11-19-43)45-30-24-39(25-31-45)36-38-22-28-44(29-23-38)53(42-16-8-4-9-17-42)46-32-26-41(27-33-46)40-14-6-3-7-15-40/h4-5,8-13,16-35,37,40H,3,6-7,14-15,36H2,1-2H3. The predicted octanol–water partition coefficient (Wildman–Crippen LogP) is 14.6. The monoisotopic (exact) mass is 700 g/mol. The molecule has 7 aromatic rings. The summed E-state index contributed by atoms with van der Waals surface area (Å²) >= 11 is 0. The highest BCUT2D eigenvalue weighted by Gasteiger charge is 2.35. The van der Waals surface area contributed by atoms with Crippen LogP contribution in [0.3, 0.4) is 0 Å². The Morgan fingerprint density at radius 3 is 1.44 bits per heavy atom. The molecule has 0 radical (unpaired) electrons. The third kappa shape index (κ3) is 6.51. The van der Waals surface area contributed by atoms with Crippen molar-refractivity contribution in [1.82, 2.24) is 0 Å². The van der Waals surface area contributed by atoms with Crippen LogP contribution in [0.1, 0.15) is 79.7 Å². The van der Waals surface area contributed by atoms with Crippen molar-refractivity contribution in [2.24, 2.45) is 0 Å². The van der Waals surface area contributed by atoms with E-state index in [-0.39, 0.29) is 5.41 Å². The maximum absolute atomic E-state index is 2.38. The van der Waals surface area contributed by atoms with Gasteiger partial charge in [0.15, 0.2) is 0 Å². The fourth-order valence-electron chi connectivity index (χ4n) is 8.99. The second-order valence-electron chi connectivity index (χ2n) is 15.7. The molecular weight excluding hydrogens is 653 g/mol.